The van der Waals surface area contributed by atoms with E-state index in [1.54, 1.807) is 0 Å². The lowest BCUT2D eigenvalue weighted by molar-refractivity contribution is -0.117. The highest BCUT2D eigenvalue weighted by atomic mass is 32.2. The van der Waals surface area contributed by atoms with Gasteiger partial charge in [-0.15, -0.1) is 0 Å². The molecule has 1 aliphatic rings. The van der Waals surface area contributed by atoms with Gasteiger partial charge in [-0.2, -0.15) is 0 Å². The van der Waals surface area contributed by atoms with E-state index in [1.807, 2.05) is 61.5 Å². The fourth-order valence-corrected chi connectivity index (χ4v) is 4.29. The standard InChI is InChI=1S/C21H21N3OS/c1-15(20(25)24-13-12-17-10-6-7-11-18(17)24)26-21-22-14-19(23(21)2)16-8-4-3-5-9-16/h3-11,14-15H,12-13H2,1-2H3/t15-/m1/s1. The Morgan fingerprint density at radius 1 is 1.12 bits per heavy atom. The van der Waals surface area contributed by atoms with Gasteiger partial charge in [0.25, 0.3) is 0 Å². The van der Waals surface area contributed by atoms with Crippen molar-refractivity contribution in [2.45, 2.75) is 23.8 Å². The summed E-state index contributed by atoms with van der Waals surface area (Å²) in [6, 6.07) is 18.3. The maximum atomic E-state index is 13.0. The number of aromatic nitrogens is 2. The number of anilines is 1. The minimum Gasteiger partial charge on any atom is -0.322 e. The Labute approximate surface area is 157 Å². The molecule has 0 unspecified atom stereocenters. The van der Waals surface area contributed by atoms with Crippen molar-refractivity contribution in [1.29, 1.82) is 0 Å². The molecule has 5 heteroatoms. The maximum Gasteiger partial charge on any atom is 0.240 e. The maximum absolute atomic E-state index is 13.0. The minimum absolute atomic E-state index is 0.143. The normalized spacial score (nSPS) is 14.3. The number of amides is 1. The van der Waals surface area contributed by atoms with Crippen molar-refractivity contribution in [3.8, 4) is 11.3 Å². The first-order valence-corrected chi connectivity index (χ1v) is 9.66. The molecule has 0 spiro atoms. The van der Waals surface area contributed by atoms with Crippen LogP contribution in [0.15, 0.2) is 66.0 Å². The van der Waals surface area contributed by atoms with Crippen LogP contribution in [-0.4, -0.2) is 27.3 Å². The smallest absolute Gasteiger partial charge is 0.240 e. The van der Waals surface area contributed by atoms with E-state index >= 15 is 0 Å². The molecule has 0 fully saturated rings. The predicted molar refractivity (Wildman–Crippen MR) is 106 cm³/mol. The van der Waals surface area contributed by atoms with Crippen molar-refractivity contribution in [1.82, 2.24) is 9.55 Å². The summed E-state index contributed by atoms with van der Waals surface area (Å²) in [5, 5.41) is 0.670. The SMILES string of the molecule is C[C@@H](Sc1ncc(-c2ccccc2)n1C)C(=O)N1CCc2ccccc21. The molecule has 0 radical (unpaired) electrons. The third-order valence-corrected chi connectivity index (χ3v) is 5.94. The van der Waals surface area contributed by atoms with Crippen LogP contribution in [-0.2, 0) is 18.3 Å². The summed E-state index contributed by atoms with van der Waals surface area (Å²) < 4.78 is 2.06. The molecule has 1 amide bonds. The van der Waals surface area contributed by atoms with Crippen LogP contribution in [0, 0.1) is 0 Å². The summed E-state index contributed by atoms with van der Waals surface area (Å²) in [5.41, 5.74) is 4.48. The average molecular weight is 363 g/mol. The number of imidazole rings is 1. The number of hydrogen-bond acceptors (Lipinski definition) is 3. The second-order valence-electron chi connectivity index (χ2n) is 6.48. The van der Waals surface area contributed by atoms with Crippen LogP contribution in [0.2, 0.25) is 0 Å². The Balaban J connectivity index is 1.52. The van der Waals surface area contributed by atoms with E-state index in [2.05, 4.69) is 27.8 Å². The van der Waals surface area contributed by atoms with Crippen molar-refractivity contribution in [2.24, 2.45) is 7.05 Å². The van der Waals surface area contributed by atoms with Gasteiger partial charge < -0.3 is 9.47 Å². The molecule has 2 aromatic carbocycles. The molecule has 0 N–H and O–H groups in total. The molecule has 1 aromatic heterocycles. The van der Waals surface area contributed by atoms with Crippen LogP contribution in [0.3, 0.4) is 0 Å². The summed E-state index contributed by atoms with van der Waals surface area (Å²) in [6.45, 7) is 2.73. The van der Waals surface area contributed by atoms with Gasteiger partial charge in [0.2, 0.25) is 5.91 Å². The molecule has 0 saturated carbocycles. The van der Waals surface area contributed by atoms with Crippen molar-refractivity contribution in [3.63, 3.8) is 0 Å². The molecule has 1 aliphatic heterocycles. The van der Waals surface area contributed by atoms with Crippen molar-refractivity contribution in [3.05, 3.63) is 66.4 Å². The van der Waals surface area contributed by atoms with E-state index in [0.29, 0.717) is 0 Å². The minimum atomic E-state index is -0.189. The molecule has 2 heterocycles. The summed E-state index contributed by atoms with van der Waals surface area (Å²) in [5.74, 6) is 0.143. The summed E-state index contributed by atoms with van der Waals surface area (Å²) >= 11 is 1.52. The zero-order valence-electron chi connectivity index (χ0n) is 14.9. The fraction of sp³-hybridized carbons (Fsp3) is 0.238. The van der Waals surface area contributed by atoms with Gasteiger partial charge in [0.05, 0.1) is 17.1 Å². The number of para-hydroxylation sites is 1. The Morgan fingerprint density at radius 3 is 2.65 bits per heavy atom. The number of rotatable bonds is 4. The van der Waals surface area contributed by atoms with Gasteiger partial charge in [0.15, 0.2) is 5.16 Å². The first kappa shape index (κ1) is 16.9. The molecule has 0 saturated heterocycles. The lowest BCUT2D eigenvalue weighted by Crippen LogP contribution is -2.35. The quantitative estimate of drug-likeness (QED) is 0.654. The summed E-state index contributed by atoms with van der Waals surface area (Å²) in [6.07, 6.45) is 2.81. The van der Waals surface area contributed by atoms with Crippen molar-refractivity contribution >= 4 is 23.4 Å². The van der Waals surface area contributed by atoms with Gasteiger partial charge in [0, 0.05) is 19.3 Å². The Morgan fingerprint density at radius 2 is 1.85 bits per heavy atom. The summed E-state index contributed by atoms with van der Waals surface area (Å²) in [4.78, 5) is 19.4. The molecular weight excluding hydrogens is 342 g/mol. The number of nitrogens with zero attached hydrogens (tertiary/aromatic N) is 3. The van der Waals surface area contributed by atoms with Gasteiger partial charge in [-0.05, 0) is 30.5 Å². The number of benzene rings is 2. The lowest BCUT2D eigenvalue weighted by Gasteiger charge is -2.21. The molecule has 26 heavy (non-hydrogen) atoms. The topological polar surface area (TPSA) is 38.1 Å². The molecule has 1 atom stereocenters. The van der Waals surface area contributed by atoms with Gasteiger partial charge in [-0.25, -0.2) is 4.98 Å². The highest BCUT2D eigenvalue weighted by Crippen LogP contribution is 2.32. The van der Waals surface area contributed by atoms with Crippen LogP contribution >= 0.6 is 11.8 Å². The second kappa shape index (κ2) is 7.00. The lowest BCUT2D eigenvalue weighted by atomic mass is 10.2. The van der Waals surface area contributed by atoms with Crippen molar-refractivity contribution in [2.75, 3.05) is 11.4 Å². The molecule has 3 aromatic rings. The van der Waals surface area contributed by atoms with Gasteiger partial charge in [-0.3, -0.25) is 4.79 Å². The highest BCUT2D eigenvalue weighted by molar-refractivity contribution is 8.00. The van der Waals surface area contributed by atoms with E-state index in [-0.39, 0.29) is 11.2 Å². The highest BCUT2D eigenvalue weighted by Gasteiger charge is 2.29. The predicted octanol–water partition coefficient (Wildman–Crippen LogP) is 4.16. The van der Waals surface area contributed by atoms with E-state index in [9.17, 15) is 4.79 Å². The third-order valence-electron chi connectivity index (χ3n) is 4.80. The van der Waals surface area contributed by atoms with Crippen LogP contribution in [0.4, 0.5) is 5.69 Å². The molecule has 0 bridgehead atoms. The monoisotopic (exact) mass is 363 g/mol. The number of hydrogen-bond donors (Lipinski definition) is 0. The van der Waals surface area contributed by atoms with Crippen LogP contribution in [0.25, 0.3) is 11.3 Å². The van der Waals surface area contributed by atoms with Gasteiger partial charge in [0.1, 0.15) is 0 Å². The summed E-state index contributed by atoms with van der Waals surface area (Å²) in [7, 11) is 2.00. The molecule has 4 nitrogen and oxygen atoms in total. The molecule has 0 aliphatic carbocycles. The fourth-order valence-electron chi connectivity index (χ4n) is 3.37. The van der Waals surface area contributed by atoms with Gasteiger partial charge in [-0.1, -0.05) is 60.3 Å². The second-order valence-corrected chi connectivity index (χ2v) is 7.79. The van der Waals surface area contributed by atoms with E-state index < -0.39 is 0 Å². The van der Waals surface area contributed by atoms with Crippen LogP contribution in [0.5, 0.6) is 0 Å². The molecular formula is C21H21N3OS. The Bertz CT molecular complexity index is 935. The zero-order valence-corrected chi connectivity index (χ0v) is 15.7. The zero-order chi connectivity index (χ0) is 18.1. The first-order chi connectivity index (χ1) is 12.6. The van der Waals surface area contributed by atoms with E-state index in [1.165, 1.54) is 17.3 Å². The number of thioether (sulfide) groups is 1. The Hall–Kier alpha value is -2.53. The number of carbonyl (C=O) groups excluding carboxylic acids is 1. The number of fused-ring (bicyclic) bond motifs is 1. The van der Waals surface area contributed by atoms with Crippen molar-refractivity contribution < 1.29 is 4.79 Å². The van der Waals surface area contributed by atoms with Crippen LogP contribution in [0.1, 0.15) is 12.5 Å². The largest absolute Gasteiger partial charge is 0.322 e. The first-order valence-electron chi connectivity index (χ1n) is 8.78. The molecule has 4 rings (SSSR count). The Kier molecular flexibility index (Phi) is 4.55. The number of carbonyl (C=O) groups is 1. The van der Waals surface area contributed by atoms with E-state index in [0.717, 1.165) is 35.1 Å². The van der Waals surface area contributed by atoms with E-state index in [4.69, 9.17) is 0 Å². The van der Waals surface area contributed by atoms with Crippen LogP contribution < -0.4 is 4.90 Å². The average Bonchev–Trinajstić information content (AvgIpc) is 3.26. The van der Waals surface area contributed by atoms with Gasteiger partial charge >= 0.3 is 0 Å². The molecule has 132 valence electrons. The third kappa shape index (κ3) is 3.03.